The standard InChI is InChI=1S/C50H85NO5/c1-4-7-10-13-16-19-21-23-24-26-27-30-32-35-38-41-46(56-50(55)43-40-37-34-31-28-25-22-20-17-14-11-8-5-2)44-49(54)51-47(45-52)48(53)42-39-36-33-29-18-15-12-9-6-3/h8,11,14,16-17,19-20,22-25,27-28,30,46-48,52-53H,4-7,9-10,12-13,15,18,21,26,29,31-45H2,1-3H3,(H,51,54)/b11-8+,17-14+,19-16-,22-20-,24-23-,28-25-,30-27-. The number of carbonyl (C=O) groups is 2. The van der Waals surface area contributed by atoms with Crippen LogP contribution in [0.2, 0.25) is 0 Å². The number of aliphatic hydroxyl groups excluding tert-OH is 2. The van der Waals surface area contributed by atoms with E-state index in [0.29, 0.717) is 19.3 Å². The van der Waals surface area contributed by atoms with Crippen LogP contribution < -0.4 is 5.32 Å². The molecule has 0 saturated carbocycles. The smallest absolute Gasteiger partial charge is 0.306 e. The predicted octanol–water partition coefficient (Wildman–Crippen LogP) is 13.2. The van der Waals surface area contributed by atoms with Gasteiger partial charge in [-0.05, 0) is 83.5 Å². The summed E-state index contributed by atoms with van der Waals surface area (Å²) in [6.07, 6.45) is 55.0. The van der Waals surface area contributed by atoms with Crippen LogP contribution >= 0.6 is 0 Å². The lowest BCUT2D eigenvalue weighted by Gasteiger charge is -2.24. The molecule has 3 unspecified atom stereocenters. The minimum atomic E-state index is -0.807. The molecular formula is C50H85NO5. The predicted molar refractivity (Wildman–Crippen MR) is 241 cm³/mol. The van der Waals surface area contributed by atoms with Crippen LogP contribution in [0.4, 0.5) is 0 Å². The van der Waals surface area contributed by atoms with Gasteiger partial charge >= 0.3 is 5.97 Å². The normalized spacial score (nSPS) is 14.2. The highest BCUT2D eigenvalue weighted by atomic mass is 16.5. The highest BCUT2D eigenvalue weighted by molar-refractivity contribution is 5.77. The van der Waals surface area contributed by atoms with Crippen LogP contribution in [-0.4, -0.2) is 46.9 Å². The van der Waals surface area contributed by atoms with Crippen molar-refractivity contribution in [1.82, 2.24) is 5.32 Å². The van der Waals surface area contributed by atoms with Crippen molar-refractivity contribution in [2.45, 2.75) is 212 Å². The molecule has 56 heavy (non-hydrogen) atoms. The van der Waals surface area contributed by atoms with Gasteiger partial charge in [-0.2, -0.15) is 0 Å². The van der Waals surface area contributed by atoms with E-state index in [1.807, 2.05) is 30.4 Å². The molecule has 1 amide bonds. The summed E-state index contributed by atoms with van der Waals surface area (Å²) in [6, 6.07) is -0.724. The van der Waals surface area contributed by atoms with Crippen LogP contribution in [0.25, 0.3) is 0 Å². The van der Waals surface area contributed by atoms with Gasteiger partial charge in [0.2, 0.25) is 5.91 Å². The fraction of sp³-hybridized carbons (Fsp3) is 0.680. The van der Waals surface area contributed by atoms with Gasteiger partial charge in [0.05, 0.1) is 25.2 Å². The molecule has 6 nitrogen and oxygen atoms in total. The van der Waals surface area contributed by atoms with Crippen LogP contribution in [0.1, 0.15) is 194 Å². The number of rotatable bonds is 39. The minimum absolute atomic E-state index is 0.0308. The first-order valence-corrected chi connectivity index (χ1v) is 22.9. The van der Waals surface area contributed by atoms with Gasteiger partial charge in [-0.3, -0.25) is 9.59 Å². The number of hydrogen-bond donors (Lipinski definition) is 3. The largest absolute Gasteiger partial charge is 0.462 e. The first kappa shape index (κ1) is 53.0. The zero-order valence-corrected chi connectivity index (χ0v) is 36.2. The van der Waals surface area contributed by atoms with Crippen molar-refractivity contribution in [3.8, 4) is 0 Å². The summed E-state index contributed by atoms with van der Waals surface area (Å²) in [5.74, 6) is -0.569. The van der Waals surface area contributed by atoms with E-state index < -0.39 is 18.2 Å². The highest BCUT2D eigenvalue weighted by Gasteiger charge is 2.24. The van der Waals surface area contributed by atoms with Crippen molar-refractivity contribution in [3.63, 3.8) is 0 Å². The molecule has 0 aliphatic heterocycles. The Hall–Kier alpha value is -2.96. The average Bonchev–Trinajstić information content (AvgIpc) is 3.19. The van der Waals surface area contributed by atoms with Gasteiger partial charge in [0.15, 0.2) is 0 Å². The summed E-state index contributed by atoms with van der Waals surface area (Å²) in [5, 5.41) is 23.6. The van der Waals surface area contributed by atoms with Crippen molar-refractivity contribution in [2.24, 2.45) is 0 Å². The maximum atomic E-state index is 13.1. The van der Waals surface area contributed by atoms with Gasteiger partial charge in [-0.15, -0.1) is 0 Å². The topological polar surface area (TPSA) is 95.9 Å². The molecule has 0 aromatic carbocycles. The van der Waals surface area contributed by atoms with Gasteiger partial charge in [-0.25, -0.2) is 0 Å². The van der Waals surface area contributed by atoms with E-state index in [9.17, 15) is 19.8 Å². The van der Waals surface area contributed by atoms with Crippen LogP contribution in [0.3, 0.4) is 0 Å². The molecule has 0 aromatic rings. The molecule has 0 aliphatic carbocycles. The number of aliphatic hydroxyl groups is 2. The van der Waals surface area contributed by atoms with Crippen molar-refractivity contribution in [2.75, 3.05) is 6.61 Å². The number of hydrogen-bond acceptors (Lipinski definition) is 5. The SMILES string of the molecule is CC/C=C/C=C/C=C\C=C/CCCCCC(=O)OC(CCCC/C=C\C/C=C\C/C=C\CCCCC)CC(=O)NC(CO)C(O)CCCCCCCCCCC. The number of ether oxygens (including phenoxy) is 1. The molecule has 0 rings (SSSR count). The highest BCUT2D eigenvalue weighted by Crippen LogP contribution is 2.16. The first-order valence-electron chi connectivity index (χ1n) is 22.9. The number of amides is 1. The average molecular weight is 780 g/mol. The fourth-order valence-electron chi connectivity index (χ4n) is 6.33. The summed E-state index contributed by atoms with van der Waals surface area (Å²) < 4.78 is 5.86. The zero-order valence-electron chi connectivity index (χ0n) is 36.2. The monoisotopic (exact) mass is 780 g/mol. The molecule has 0 bridgehead atoms. The number of allylic oxidation sites excluding steroid dienone is 14. The Labute approximate surface area is 344 Å². The van der Waals surface area contributed by atoms with E-state index in [-0.39, 0.29) is 24.9 Å². The van der Waals surface area contributed by atoms with Crippen LogP contribution in [0.5, 0.6) is 0 Å². The van der Waals surface area contributed by atoms with E-state index in [2.05, 4.69) is 80.8 Å². The van der Waals surface area contributed by atoms with Crippen molar-refractivity contribution >= 4 is 11.9 Å². The second-order valence-corrected chi connectivity index (χ2v) is 15.2. The Morgan fingerprint density at radius 3 is 1.66 bits per heavy atom. The summed E-state index contributed by atoms with van der Waals surface area (Å²) in [6.45, 7) is 6.25. The molecule has 320 valence electrons. The van der Waals surface area contributed by atoms with Crippen LogP contribution in [0, 0.1) is 0 Å². The number of esters is 1. The molecule has 0 radical (unpaired) electrons. The molecule has 0 aromatic heterocycles. The van der Waals surface area contributed by atoms with Gasteiger partial charge in [0, 0.05) is 6.42 Å². The third kappa shape index (κ3) is 37.9. The Balaban J connectivity index is 4.78. The first-order chi connectivity index (χ1) is 27.5. The molecule has 3 atom stereocenters. The Kier molecular flexibility index (Phi) is 40.9. The molecule has 0 spiro atoms. The van der Waals surface area contributed by atoms with Gasteiger partial charge in [-0.1, -0.05) is 183 Å². The second kappa shape index (κ2) is 43.2. The quantitative estimate of drug-likeness (QED) is 0.0250. The Morgan fingerprint density at radius 2 is 1.04 bits per heavy atom. The minimum Gasteiger partial charge on any atom is -0.462 e. The van der Waals surface area contributed by atoms with Crippen LogP contribution in [0.15, 0.2) is 85.1 Å². The maximum absolute atomic E-state index is 13.1. The van der Waals surface area contributed by atoms with E-state index in [1.165, 1.54) is 64.2 Å². The van der Waals surface area contributed by atoms with Crippen molar-refractivity contribution in [3.05, 3.63) is 85.1 Å². The number of nitrogens with one attached hydrogen (secondary N) is 1. The Bertz CT molecular complexity index is 1100. The third-order valence-corrected chi connectivity index (χ3v) is 9.80. The molecule has 0 heterocycles. The van der Waals surface area contributed by atoms with E-state index >= 15 is 0 Å². The number of carbonyl (C=O) groups excluding carboxylic acids is 2. The van der Waals surface area contributed by atoms with Crippen LogP contribution in [-0.2, 0) is 14.3 Å². The van der Waals surface area contributed by atoms with Crippen molar-refractivity contribution in [1.29, 1.82) is 0 Å². The molecular weight excluding hydrogens is 695 g/mol. The molecule has 6 heteroatoms. The lowest BCUT2D eigenvalue weighted by atomic mass is 10.0. The summed E-state index contributed by atoms with van der Waals surface area (Å²) >= 11 is 0. The lowest BCUT2D eigenvalue weighted by Crippen LogP contribution is -2.46. The maximum Gasteiger partial charge on any atom is 0.306 e. The molecule has 0 saturated heterocycles. The van der Waals surface area contributed by atoms with E-state index in [0.717, 1.165) is 83.5 Å². The fourth-order valence-corrected chi connectivity index (χ4v) is 6.33. The molecule has 0 fully saturated rings. The summed E-state index contributed by atoms with van der Waals surface area (Å²) in [7, 11) is 0. The van der Waals surface area contributed by atoms with Gasteiger partial charge in [0.25, 0.3) is 0 Å². The second-order valence-electron chi connectivity index (χ2n) is 15.2. The zero-order chi connectivity index (χ0) is 41.0. The third-order valence-electron chi connectivity index (χ3n) is 9.80. The number of unbranched alkanes of at least 4 members (excludes halogenated alkanes) is 16. The van der Waals surface area contributed by atoms with Crippen molar-refractivity contribution < 1.29 is 24.5 Å². The summed E-state index contributed by atoms with van der Waals surface area (Å²) in [4.78, 5) is 26.0. The molecule has 0 aliphatic rings. The Morgan fingerprint density at radius 1 is 0.554 bits per heavy atom. The summed E-state index contributed by atoms with van der Waals surface area (Å²) in [5.41, 5.74) is 0. The van der Waals surface area contributed by atoms with Gasteiger partial charge in [0.1, 0.15) is 6.10 Å². The van der Waals surface area contributed by atoms with E-state index in [4.69, 9.17) is 4.74 Å². The van der Waals surface area contributed by atoms with E-state index in [1.54, 1.807) is 0 Å². The lowest BCUT2D eigenvalue weighted by molar-refractivity contribution is -0.151. The van der Waals surface area contributed by atoms with Gasteiger partial charge < -0.3 is 20.3 Å². The molecule has 3 N–H and O–H groups in total.